The normalized spacial score (nSPS) is 10.9. The maximum Gasteiger partial charge on any atom is 0.337 e. The maximum atomic E-state index is 11.2. The lowest BCUT2D eigenvalue weighted by Gasteiger charge is -2.07. The molecule has 3 aromatic rings. The highest BCUT2D eigenvalue weighted by molar-refractivity contribution is 6.35. The first-order chi connectivity index (χ1) is 12.9. The topological polar surface area (TPSA) is 104 Å². The lowest BCUT2D eigenvalue weighted by Crippen LogP contribution is -1.95. The molecule has 0 radical (unpaired) electrons. The number of pyridine rings is 1. The third-order valence-corrected chi connectivity index (χ3v) is 3.81. The zero-order valence-corrected chi connectivity index (χ0v) is 15.0. The van der Waals surface area contributed by atoms with Gasteiger partial charge in [0.2, 0.25) is 5.88 Å². The SMILES string of the molecule is O=C(O)c1ccccc1N=Nc1cc(Oc2ncc(Cl)cc2Cl)ccc1O. The summed E-state index contributed by atoms with van der Waals surface area (Å²) >= 11 is 11.8. The third-order valence-electron chi connectivity index (χ3n) is 3.34. The van der Waals surface area contributed by atoms with Crippen LogP contribution in [0.3, 0.4) is 0 Å². The van der Waals surface area contributed by atoms with E-state index in [1.54, 1.807) is 12.1 Å². The van der Waals surface area contributed by atoms with Crippen molar-refractivity contribution in [1.29, 1.82) is 0 Å². The molecule has 0 atom stereocenters. The fourth-order valence-electron chi connectivity index (χ4n) is 2.09. The predicted octanol–water partition coefficient (Wildman–Crippen LogP) is 6.00. The second-order valence-electron chi connectivity index (χ2n) is 5.22. The number of carboxylic acid groups (broad SMARTS) is 1. The Hall–Kier alpha value is -3.16. The minimum atomic E-state index is -1.13. The number of aromatic nitrogens is 1. The first-order valence-electron chi connectivity index (χ1n) is 7.50. The Labute approximate surface area is 163 Å². The van der Waals surface area contributed by atoms with Crippen LogP contribution in [0.25, 0.3) is 0 Å². The summed E-state index contributed by atoms with van der Waals surface area (Å²) in [5, 5.41) is 27.5. The Kier molecular flexibility index (Phi) is 5.54. The van der Waals surface area contributed by atoms with Crippen molar-refractivity contribution in [2.24, 2.45) is 10.2 Å². The minimum Gasteiger partial charge on any atom is -0.506 e. The highest BCUT2D eigenvalue weighted by atomic mass is 35.5. The molecule has 0 unspecified atom stereocenters. The Morgan fingerprint density at radius 2 is 1.78 bits per heavy atom. The molecule has 1 heterocycles. The third kappa shape index (κ3) is 4.52. The van der Waals surface area contributed by atoms with Gasteiger partial charge in [-0.2, -0.15) is 0 Å². The van der Waals surface area contributed by atoms with Crippen LogP contribution in [0.5, 0.6) is 17.4 Å². The molecule has 2 aromatic carbocycles. The van der Waals surface area contributed by atoms with E-state index in [9.17, 15) is 15.0 Å². The van der Waals surface area contributed by atoms with Crippen LogP contribution in [-0.2, 0) is 0 Å². The van der Waals surface area contributed by atoms with E-state index in [0.29, 0.717) is 10.8 Å². The number of aromatic carboxylic acids is 1. The number of carboxylic acids is 1. The summed E-state index contributed by atoms with van der Waals surface area (Å²) in [6, 6.07) is 11.9. The number of ether oxygens (including phenoxy) is 1. The number of nitrogens with zero attached hydrogens (tertiary/aromatic N) is 3. The number of rotatable bonds is 5. The summed E-state index contributed by atoms with van der Waals surface area (Å²) in [6.07, 6.45) is 1.38. The van der Waals surface area contributed by atoms with Gasteiger partial charge in [0, 0.05) is 12.3 Å². The Morgan fingerprint density at radius 3 is 2.52 bits per heavy atom. The van der Waals surface area contributed by atoms with Gasteiger partial charge in [-0.05, 0) is 30.3 Å². The molecule has 3 rings (SSSR count). The van der Waals surface area contributed by atoms with Gasteiger partial charge < -0.3 is 14.9 Å². The molecule has 7 nitrogen and oxygen atoms in total. The molecule has 27 heavy (non-hydrogen) atoms. The minimum absolute atomic E-state index is 0.00899. The van der Waals surface area contributed by atoms with Gasteiger partial charge in [0.15, 0.2) is 0 Å². The van der Waals surface area contributed by atoms with E-state index in [2.05, 4.69) is 15.2 Å². The summed E-state index contributed by atoms with van der Waals surface area (Å²) in [5.74, 6) is -0.862. The molecule has 0 bridgehead atoms. The van der Waals surface area contributed by atoms with Crippen LogP contribution in [-0.4, -0.2) is 21.2 Å². The zero-order chi connectivity index (χ0) is 19.4. The van der Waals surface area contributed by atoms with E-state index in [1.807, 2.05) is 0 Å². The summed E-state index contributed by atoms with van der Waals surface area (Å²) < 4.78 is 5.57. The van der Waals surface area contributed by atoms with Crippen molar-refractivity contribution in [1.82, 2.24) is 4.98 Å². The van der Waals surface area contributed by atoms with Crippen molar-refractivity contribution in [3.8, 4) is 17.4 Å². The van der Waals surface area contributed by atoms with Gasteiger partial charge in [0.25, 0.3) is 0 Å². The molecule has 0 aliphatic heterocycles. The summed E-state index contributed by atoms with van der Waals surface area (Å²) in [5.41, 5.74) is 0.223. The van der Waals surface area contributed by atoms with Crippen LogP contribution in [0.2, 0.25) is 10.0 Å². The summed E-state index contributed by atoms with van der Waals surface area (Å²) in [4.78, 5) is 15.2. The number of aromatic hydroxyl groups is 1. The summed E-state index contributed by atoms with van der Waals surface area (Å²) in [7, 11) is 0. The average molecular weight is 404 g/mol. The number of phenols is 1. The van der Waals surface area contributed by atoms with Crippen molar-refractivity contribution in [2.45, 2.75) is 0 Å². The molecule has 0 saturated heterocycles. The molecule has 0 spiro atoms. The van der Waals surface area contributed by atoms with Crippen LogP contribution < -0.4 is 4.74 Å². The van der Waals surface area contributed by atoms with Gasteiger partial charge in [-0.3, -0.25) is 0 Å². The molecule has 0 amide bonds. The van der Waals surface area contributed by atoms with Gasteiger partial charge in [0.1, 0.15) is 27.9 Å². The van der Waals surface area contributed by atoms with Gasteiger partial charge in [-0.1, -0.05) is 35.3 Å². The van der Waals surface area contributed by atoms with Crippen molar-refractivity contribution in [3.63, 3.8) is 0 Å². The van der Waals surface area contributed by atoms with Crippen LogP contribution in [0, 0.1) is 0 Å². The number of azo groups is 1. The van der Waals surface area contributed by atoms with Crippen molar-refractivity contribution in [3.05, 3.63) is 70.3 Å². The number of benzene rings is 2. The zero-order valence-electron chi connectivity index (χ0n) is 13.5. The van der Waals surface area contributed by atoms with Gasteiger partial charge in [0.05, 0.1) is 10.6 Å². The van der Waals surface area contributed by atoms with Crippen molar-refractivity contribution < 1.29 is 19.7 Å². The highest BCUT2D eigenvalue weighted by Gasteiger charge is 2.10. The number of hydrogen-bond acceptors (Lipinski definition) is 6. The summed E-state index contributed by atoms with van der Waals surface area (Å²) in [6.45, 7) is 0. The van der Waals surface area contributed by atoms with Gasteiger partial charge in [-0.25, -0.2) is 9.78 Å². The largest absolute Gasteiger partial charge is 0.506 e. The first kappa shape index (κ1) is 18.6. The Bertz CT molecular complexity index is 1040. The molecule has 0 aliphatic rings. The molecular formula is C18H11Cl2N3O4. The second-order valence-corrected chi connectivity index (χ2v) is 6.06. The maximum absolute atomic E-state index is 11.2. The molecule has 0 aliphatic carbocycles. The number of hydrogen-bond donors (Lipinski definition) is 2. The number of halogens is 2. The van der Waals surface area contributed by atoms with Crippen molar-refractivity contribution >= 4 is 40.5 Å². The average Bonchev–Trinajstić information content (AvgIpc) is 2.64. The second kappa shape index (κ2) is 8.03. The Balaban J connectivity index is 1.89. The smallest absolute Gasteiger partial charge is 0.337 e. The molecule has 0 saturated carbocycles. The molecule has 136 valence electrons. The first-order valence-corrected chi connectivity index (χ1v) is 8.25. The Morgan fingerprint density at radius 1 is 1.04 bits per heavy atom. The monoisotopic (exact) mass is 403 g/mol. The number of carbonyl (C=O) groups is 1. The van der Waals surface area contributed by atoms with Crippen LogP contribution in [0.15, 0.2) is 65.0 Å². The van der Waals surface area contributed by atoms with Crippen LogP contribution in [0.4, 0.5) is 11.4 Å². The van der Waals surface area contributed by atoms with E-state index in [4.69, 9.17) is 27.9 Å². The van der Waals surface area contributed by atoms with E-state index < -0.39 is 5.97 Å². The van der Waals surface area contributed by atoms with Crippen LogP contribution in [0.1, 0.15) is 10.4 Å². The van der Waals surface area contributed by atoms with Gasteiger partial charge >= 0.3 is 5.97 Å². The molecule has 1 aromatic heterocycles. The quantitative estimate of drug-likeness (QED) is 0.508. The van der Waals surface area contributed by atoms with Gasteiger partial charge in [-0.15, -0.1) is 10.2 Å². The van der Waals surface area contributed by atoms with E-state index in [1.165, 1.54) is 42.6 Å². The predicted molar refractivity (Wildman–Crippen MR) is 100 cm³/mol. The lowest BCUT2D eigenvalue weighted by molar-refractivity contribution is 0.0697. The highest BCUT2D eigenvalue weighted by Crippen LogP contribution is 2.35. The standard InChI is InChI=1S/C18H11Cl2N3O4/c19-10-7-13(20)17(21-9-10)27-11-5-6-16(24)15(8-11)23-22-14-4-2-1-3-12(14)18(25)26/h1-9,24H,(H,25,26). The van der Waals surface area contributed by atoms with E-state index in [-0.39, 0.29) is 33.6 Å². The fraction of sp³-hybridized carbons (Fsp3) is 0. The molecular weight excluding hydrogens is 393 g/mol. The fourth-order valence-corrected chi connectivity index (χ4v) is 2.50. The number of phenolic OH excluding ortho intramolecular Hbond substituents is 1. The molecule has 2 N–H and O–H groups in total. The van der Waals surface area contributed by atoms with Crippen molar-refractivity contribution in [2.75, 3.05) is 0 Å². The van der Waals surface area contributed by atoms with E-state index in [0.717, 1.165) is 0 Å². The van der Waals surface area contributed by atoms with E-state index >= 15 is 0 Å². The molecule has 0 fully saturated rings. The van der Waals surface area contributed by atoms with Crippen LogP contribution >= 0.6 is 23.2 Å². The molecule has 9 heteroatoms. The lowest BCUT2D eigenvalue weighted by atomic mass is 10.2.